The fraction of sp³-hybridized carbons (Fsp3) is 0.750. The standard InChI is InChI=1S/C8H16N2/c1-8(6-10-2)4-3-7(9)5-8/h3-4,7,10H,5-6,9H2,1-2H3. The first-order valence-corrected chi connectivity index (χ1v) is 3.76. The summed E-state index contributed by atoms with van der Waals surface area (Å²) in [5.74, 6) is 0. The van der Waals surface area contributed by atoms with Crippen molar-refractivity contribution < 1.29 is 0 Å². The molecular weight excluding hydrogens is 124 g/mol. The topological polar surface area (TPSA) is 38.0 Å². The van der Waals surface area contributed by atoms with E-state index in [9.17, 15) is 0 Å². The first kappa shape index (κ1) is 7.76. The molecule has 0 aromatic carbocycles. The van der Waals surface area contributed by atoms with Crippen LogP contribution in [-0.2, 0) is 0 Å². The molecule has 0 amide bonds. The molecule has 0 aromatic rings. The molecule has 2 atom stereocenters. The van der Waals surface area contributed by atoms with Crippen LogP contribution in [0.15, 0.2) is 12.2 Å². The van der Waals surface area contributed by atoms with E-state index in [1.807, 2.05) is 7.05 Å². The minimum absolute atomic E-state index is 0.276. The van der Waals surface area contributed by atoms with Gasteiger partial charge in [0.25, 0.3) is 0 Å². The average Bonchev–Trinajstić information content (AvgIpc) is 2.12. The molecule has 2 nitrogen and oxygen atoms in total. The summed E-state index contributed by atoms with van der Waals surface area (Å²) in [6.07, 6.45) is 5.39. The second-order valence-corrected chi connectivity index (χ2v) is 3.41. The van der Waals surface area contributed by atoms with Gasteiger partial charge in [0.05, 0.1) is 0 Å². The Labute approximate surface area is 62.5 Å². The van der Waals surface area contributed by atoms with Crippen LogP contribution < -0.4 is 11.1 Å². The maximum atomic E-state index is 5.73. The van der Waals surface area contributed by atoms with Crippen LogP contribution >= 0.6 is 0 Å². The summed E-state index contributed by atoms with van der Waals surface area (Å²) in [6.45, 7) is 3.25. The summed E-state index contributed by atoms with van der Waals surface area (Å²) >= 11 is 0. The van der Waals surface area contributed by atoms with Crippen molar-refractivity contribution in [3.8, 4) is 0 Å². The quantitative estimate of drug-likeness (QED) is 0.548. The molecule has 0 aromatic heterocycles. The van der Waals surface area contributed by atoms with E-state index >= 15 is 0 Å². The van der Waals surface area contributed by atoms with Crippen molar-refractivity contribution in [2.75, 3.05) is 13.6 Å². The van der Waals surface area contributed by atoms with Gasteiger partial charge < -0.3 is 11.1 Å². The average molecular weight is 140 g/mol. The van der Waals surface area contributed by atoms with E-state index in [-0.39, 0.29) is 6.04 Å². The Balaban J connectivity index is 2.48. The number of nitrogens with two attached hydrogens (primary N) is 1. The molecule has 0 fully saturated rings. The predicted molar refractivity (Wildman–Crippen MR) is 43.8 cm³/mol. The van der Waals surface area contributed by atoms with Gasteiger partial charge in [-0.05, 0) is 18.9 Å². The predicted octanol–water partition coefficient (Wildman–Crippen LogP) is 0.499. The fourth-order valence-corrected chi connectivity index (χ4v) is 1.57. The molecular formula is C8H16N2. The Bertz CT molecular complexity index is 142. The molecule has 1 aliphatic rings. The largest absolute Gasteiger partial charge is 0.324 e. The zero-order chi connectivity index (χ0) is 7.61. The zero-order valence-electron chi connectivity index (χ0n) is 6.72. The monoisotopic (exact) mass is 140 g/mol. The van der Waals surface area contributed by atoms with Crippen molar-refractivity contribution in [3.05, 3.63) is 12.2 Å². The van der Waals surface area contributed by atoms with Gasteiger partial charge in [-0.25, -0.2) is 0 Å². The SMILES string of the molecule is CNCC1(C)C=CC(N)C1. The van der Waals surface area contributed by atoms with Crippen molar-refractivity contribution in [1.29, 1.82) is 0 Å². The summed E-state index contributed by atoms with van der Waals surface area (Å²) < 4.78 is 0. The highest BCUT2D eigenvalue weighted by Gasteiger charge is 2.26. The Morgan fingerprint density at radius 2 is 2.50 bits per heavy atom. The number of rotatable bonds is 2. The van der Waals surface area contributed by atoms with E-state index in [1.54, 1.807) is 0 Å². The van der Waals surface area contributed by atoms with Crippen molar-refractivity contribution in [2.24, 2.45) is 11.1 Å². The third-order valence-corrected chi connectivity index (χ3v) is 2.03. The summed E-state index contributed by atoms with van der Waals surface area (Å²) in [5.41, 5.74) is 6.03. The first-order chi connectivity index (χ1) is 4.66. The van der Waals surface area contributed by atoms with E-state index in [2.05, 4.69) is 24.4 Å². The molecule has 10 heavy (non-hydrogen) atoms. The van der Waals surface area contributed by atoms with E-state index in [1.165, 1.54) is 0 Å². The molecule has 58 valence electrons. The van der Waals surface area contributed by atoms with Crippen molar-refractivity contribution in [2.45, 2.75) is 19.4 Å². The molecule has 1 aliphatic carbocycles. The van der Waals surface area contributed by atoms with Gasteiger partial charge in [-0.2, -0.15) is 0 Å². The summed E-state index contributed by atoms with van der Waals surface area (Å²) in [5, 5.41) is 3.16. The summed E-state index contributed by atoms with van der Waals surface area (Å²) in [4.78, 5) is 0. The van der Waals surface area contributed by atoms with Crippen molar-refractivity contribution in [1.82, 2.24) is 5.32 Å². The van der Waals surface area contributed by atoms with Crippen molar-refractivity contribution >= 4 is 0 Å². The van der Waals surface area contributed by atoms with Crippen LogP contribution in [0.4, 0.5) is 0 Å². The molecule has 0 heterocycles. The van der Waals surface area contributed by atoms with E-state index in [0.717, 1.165) is 13.0 Å². The van der Waals surface area contributed by atoms with Crippen LogP contribution in [0, 0.1) is 5.41 Å². The molecule has 0 aliphatic heterocycles. The number of hydrogen-bond donors (Lipinski definition) is 2. The Morgan fingerprint density at radius 3 is 2.90 bits per heavy atom. The lowest BCUT2D eigenvalue weighted by atomic mass is 9.89. The molecule has 0 saturated heterocycles. The first-order valence-electron chi connectivity index (χ1n) is 3.76. The molecule has 3 N–H and O–H groups in total. The highest BCUT2D eigenvalue weighted by molar-refractivity contribution is 5.11. The van der Waals surface area contributed by atoms with E-state index in [4.69, 9.17) is 5.73 Å². The maximum Gasteiger partial charge on any atom is 0.0232 e. The number of nitrogens with one attached hydrogen (secondary N) is 1. The molecule has 0 radical (unpaired) electrons. The second-order valence-electron chi connectivity index (χ2n) is 3.41. The molecule has 1 rings (SSSR count). The fourth-order valence-electron chi connectivity index (χ4n) is 1.57. The summed E-state index contributed by atoms with van der Waals surface area (Å²) in [6, 6.07) is 0.276. The Morgan fingerprint density at radius 1 is 1.80 bits per heavy atom. The maximum absolute atomic E-state index is 5.73. The van der Waals surface area contributed by atoms with Gasteiger partial charge in [0.15, 0.2) is 0 Å². The van der Waals surface area contributed by atoms with Crippen LogP contribution in [0.3, 0.4) is 0 Å². The minimum Gasteiger partial charge on any atom is -0.324 e. The van der Waals surface area contributed by atoms with Crippen LogP contribution in [0.25, 0.3) is 0 Å². The van der Waals surface area contributed by atoms with Gasteiger partial charge in [0, 0.05) is 12.6 Å². The normalized spacial score (nSPS) is 38.9. The lowest BCUT2D eigenvalue weighted by Gasteiger charge is -2.21. The second kappa shape index (κ2) is 2.72. The number of hydrogen-bond acceptors (Lipinski definition) is 2. The highest BCUT2D eigenvalue weighted by atomic mass is 14.8. The van der Waals surface area contributed by atoms with Gasteiger partial charge in [-0.3, -0.25) is 0 Å². The smallest absolute Gasteiger partial charge is 0.0232 e. The minimum atomic E-state index is 0.276. The van der Waals surface area contributed by atoms with Crippen LogP contribution in [0.1, 0.15) is 13.3 Å². The van der Waals surface area contributed by atoms with Crippen LogP contribution in [0.5, 0.6) is 0 Å². The van der Waals surface area contributed by atoms with Gasteiger partial charge in [-0.15, -0.1) is 0 Å². The molecule has 0 spiro atoms. The third-order valence-electron chi connectivity index (χ3n) is 2.03. The highest BCUT2D eigenvalue weighted by Crippen LogP contribution is 2.29. The Kier molecular flexibility index (Phi) is 2.11. The Hall–Kier alpha value is -0.340. The lowest BCUT2D eigenvalue weighted by molar-refractivity contribution is 0.386. The summed E-state index contributed by atoms with van der Waals surface area (Å²) in [7, 11) is 1.98. The van der Waals surface area contributed by atoms with E-state index in [0.29, 0.717) is 5.41 Å². The van der Waals surface area contributed by atoms with Crippen LogP contribution in [0.2, 0.25) is 0 Å². The third kappa shape index (κ3) is 1.58. The lowest BCUT2D eigenvalue weighted by Crippen LogP contribution is -2.29. The van der Waals surface area contributed by atoms with E-state index < -0.39 is 0 Å². The van der Waals surface area contributed by atoms with Gasteiger partial charge >= 0.3 is 0 Å². The van der Waals surface area contributed by atoms with Gasteiger partial charge in [0.2, 0.25) is 0 Å². The molecule has 0 saturated carbocycles. The zero-order valence-corrected chi connectivity index (χ0v) is 6.72. The molecule has 2 heteroatoms. The molecule has 2 unspecified atom stereocenters. The van der Waals surface area contributed by atoms with Gasteiger partial charge in [-0.1, -0.05) is 19.1 Å². The van der Waals surface area contributed by atoms with Crippen molar-refractivity contribution in [3.63, 3.8) is 0 Å². The molecule has 0 bridgehead atoms. The van der Waals surface area contributed by atoms with Gasteiger partial charge in [0.1, 0.15) is 0 Å². The van der Waals surface area contributed by atoms with Crippen LogP contribution in [-0.4, -0.2) is 19.6 Å².